The number of nitrogens with zero attached hydrogens (tertiary/aromatic N) is 1. The Bertz CT molecular complexity index is 997. The van der Waals surface area contributed by atoms with Gasteiger partial charge in [-0.05, 0) is 86.3 Å². The molecule has 0 bridgehead atoms. The molecule has 1 unspecified atom stereocenters. The highest BCUT2D eigenvalue weighted by atomic mass is 16.2. The first-order valence-corrected chi connectivity index (χ1v) is 13.7. The SMILES string of the molecule is C=C1CCC(N2Cc3cc(C[C@H]4CCCC[C@@H]4N[C@@H]4CCCCC45CC5)ccc3C2=O)C(=O)N1. The molecule has 2 N–H and O–H groups in total. The van der Waals surface area contributed by atoms with E-state index in [9.17, 15) is 9.59 Å². The van der Waals surface area contributed by atoms with Crippen LogP contribution in [0.2, 0.25) is 0 Å². The van der Waals surface area contributed by atoms with E-state index < -0.39 is 0 Å². The van der Waals surface area contributed by atoms with Gasteiger partial charge in [-0.25, -0.2) is 0 Å². The maximum absolute atomic E-state index is 13.1. The quantitative estimate of drug-likeness (QED) is 0.659. The molecule has 5 heteroatoms. The maximum atomic E-state index is 13.1. The highest BCUT2D eigenvalue weighted by molar-refractivity contribution is 6.01. The van der Waals surface area contributed by atoms with Crippen molar-refractivity contribution in [1.82, 2.24) is 15.5 Å². The van der Waals surface area contributed by atoms with Crippen LogP contribution in [0.1, 0.15) is 98.5 Å². The van der Waals surface area contributed by atoms with Crippen LogP contribution in [-0.4, -0.2) is 34.8 Å². The molecule has 5 nitrogen and oxygen atoms in total. The zero-order valence-electron chi connectivity index (χ0n) is 20.4. The highest BCUT2D eigenvalue weighted by Gasteiger charge is 2.50. The molecule has 2 aliphatic heterocycles. The fourth-order valence-corrected chi connectivity index (χ4v) is 7.39. The molecule has 3 saturated carbocycles. The van der Waals surface area contributed by atoms with Crippen LogP contribution < -0.4 is 10.6 Å². The number of piperidine rings is 1. The molecule has 2 amide bonds. The topological polar surface area (TPSA) is 61.4 Å². The number of carbonyl (C=O) groups is 2. The van der Waals surface area contributed by atoms with Gasteiger partial charge in [0, 0.05) is 29.9 Å². The Labute approximate surface area is 203 Å². The summed E-state index contributed by atoms with van der Waals surface area (Å²) in [5.41, 5.74) is 4.60. The summed E-state index contributed by atoms with van der Waals surface area (Å²) in [5, 5.41) is 7.02. The Balaban J connectivity index is 1.14. The van der Waals surface area contributed by atoms with Gasteiger partial charge in [-0.15, -0.1) is 0 Å². The van der Waals surface area contributed by atoms with Crippen molar-refractivity contribution in [2.24, 2.45) is 11.3 Å². The van der Waals surface area contributed by atoms with Crippen molar-refractivity contribution in [2.45, 2.75) is 108 Å². The summed E-state index contributed by atoms with van der Waals surface area (Å²) >= 11 is 0. The van der Waals surface area contributed by atoms with Gasteiger partial charge >= 0.3 is 0 Å². The lowest BCUT2D eigenvalue weighted by Gasteiger charge is -2.40. The number of amides is 2. The van der Waals surface area contributed by atoms with Crippen LogP contribution in [0.3, 0.4) is 0 Å². The van der Waals surface area contributed by atoms with Gasteiger partial charge in [0.15, 0.2) is 0 Å². The van der Waals surface area contributed by atoms with Gasteiger partial charge in [-0.3, -0.25) is 9.59 Å². The zero-order chi connectivity index (χ0) is 23.3. The van der Waals surface area contributed by atoms with Crippen molar-refractivity contribution in [2.75, 3.05) is 0 Å². The number of benzene rings is 1. The van der Waals surface area contributed by atoms with E-state index in [1.807, 2.05) is 6.07 Å². The Morgan fingerprint density at radius 1 is 1.03 bits per heavy atom. The molecule has 34 heavy (non-hydrogen) atoms. The van der Waals surface area contributed by atoms with Crippen LogP contribution in [0.15, 0.2) is 30.5 Å². The molecule has 1 aromatic rings. The second-order valence-corrected chi connectivity index (χ2v) is 11.8. The van der Waals surface area contributed by atoms with Gasteiger partial charge in [0.05, 0.1) is 0 Å². The van der Waals surface area contributed by atoms with Gasteiger partial charge < -0.3 is 15.5 Å². The van der Waals surface area contributed by atoms with Crippen molar-refractivity contribution in [3.8, 4) is 0 Å². The molecule has 0 aromatic heterocycles. The van der Waals surface area contributed by atoms with Crippen molar-refractivity contribution in [1.29, 1.82) is 0 Å². The Morgan fingerprint density at radius 3 is 2.68 bits per heavy atom. The number of fused-ring (bicyclic) bond motifs is 1. The third kappa shape index (κ3) is 4.10. The summed E-state index contributed by atoms with van der Waals surface area (Å²) in [4.78, 5) is 27.3. The first-order valence-electron chi connectivity index (χ1n) is 13.7. The summed E-state index contributed by atoms with van der Waals surface area (Å²) in [6.45, 7) is 4.41. The fourth-order valence-electron chi connectivity index (χ4n) is 7.39. The molecule has 4 fully saturated rings. The van der Waals surface area contributed by atoms with Crippen LogP contribution in [0.5, 0.6) is 0 Å². The van der Waals surface area contributed by atoms with Crippen LogP contribution in [-0.2, 0) is 17.8 Å². The zero-order valence-corrected chi connectivity index (χ0v) is 20.4. The van der Waals surface area contributed by atoms with E-state index in [1.165, 1.54) is 69.8 Å². The molecular formula is C29H39N3O2. The average molecular weight is 462 g/mol. The van der Waals surface area contributed by atoms with Crippen LogP contribution in [0, 0.1) is 11.3 Å². The Morgan fingerprint density at radius 2 is 1.85 bits per heavy atom. The minimum atomic E-state index is -0.383. The largest absolute Gasteiger partial charge is 0.329 e. The minimum absolute atomic E-state index is 0.00143. The fraction of sp³-hybridized carbons (Fsp3) is 0.655. The molecule has 182 valence electrons. The standard InChI is InChI=1S/C29H39N3O2/c1-19-9-12-25(27(33)30-19)32-18-22-17-20(10-11-23(22)28(32)34)16-21-6-2-3-7-24(21)31-26-8-4-5-13-29(26)14-15-29/h10-11,17,21,24-26,31H,1-9,12-16,18H2,(H,30,33)/t21-,24+,25?,26-/m1/s1. The predicted octanol–water partition coefficient (Wildman–Crippen LogP) is 4.85. The summed E-state index contributed by atoms with van der Waals surface area (Å²) < 4.78 is 0. The highest BCUT2D eigenvalue weighted by Crippen LogP contribution is 2.56. The normalized spacial score (nSPS) is 32.6. The average Bonchev–Trinajstić information content (AvgIpc) is 3.53. The van der Waals surface area contributed by atoms with Gasteiger partial charge in [0.2, 0.25) is 5.91 Å². The van der Waals surface area contributed by atoms with E-state index >= 15 is 0 Å². The molecule has 5 aliphatic rings. The lowest BCUT2D eigenvalue weighted by Crippen LogP contribution is -2.49. The van der Waals surface area contributed by atoms with E-state index in [2.05, 4.69) is 29.3 Å². The van der Waals surface area contributed by atoms with Crippen molar-refractivity contribution in [3.63, 3.8) is 0 Å². The maximum Gasteiger partial charge on any atom is 0.255 e. The van der Waals surface area contributed by atoms with Crippen LogP contribution >= 0.6 is 0 Å². The number of hydrogen-bond acceptors (Lipinski definition) is 3. The molecule has 4 atom stereocenters. The van der Waals surface area contributed by atoms with E-state index in [-0.39, 0.29) is 17.9 Å². The van der Waals surface area contributed by atoms with Gasteiger partial charge in [0.25, 0.3) is 5.91 Å². The monoisotopic (exact) mass is 461 g/mol. The molecular weight excluding hydrogens is 422 g/mol. The number of allylic oxidation sites excluding steroid dienone is 1. The third-order valence-electron chi connectivity index (χ3n) is 9.57. The Kier molecular flexibility index (Phi) is 5.79. The van der Waals surface area contributed by atoms with Gasteiger partial charge in [0.1, 0.15) is 6.04 Å². The lowest BCUT2D eigenvalue weighted by atomic mass is 9.77. The molecule has 0 radical (unpaired) electrons. The number of carbonyl (C=O) groups excluding carboxylic acids is 2. The van der Waals surface area contributed by atoms with Gasteiger partial charge in [-0.1, -0.05) is 44.4 Å². The minimum Gasteiger partial charge on any atom is -0.329 e. The second kappa shape index (κ2) is 8.82. The van der Waals surface area contributed by atoms with E-state index in [4.69, 9.17) is 0 Å². The first-order chi connectivity index (χ1) is 16.5. The first kappa shape index (κ1) is 22.3. The molecule has 1 aromatic carbocycles. The Hall–Kier alpha value is -2.14. The summed E-state index contributed by atoms with van der Waals surface area (Å²) in [6, 6.07) is 7.40. The number of nitrogens with one attached hydrogen (secondary N) is 2. The molecule has 6 rings (SSSR count). The van der Waals surface area contributed by atoms with Crippen molar-refractivity contribution < 1.29 is 9.59 Å². The molecule has 3 aliphatic carbocycles. The van der Waals surface area contributed by atoms with Crippen LogP contribution in [0.25, 0.3) is 0 Å². The number of hydrogen-bond donors (Lipinski definition) is 2. The second-order valence-electron chi connectivity index (χ2n) is 11.8. The van der Waals surface area contributed by atoms with Crippen molar-refractivity contribution in [3.05, 3.63) is 47.2 Å². The number of rotatable bonds is 5. The van der Waals surface area contributed by atoms with Crippen molar-refractivity contribution >= 4 is 11.8 Å². The molecule has 1 spiro atoms. The van der Waals surface area contributed by atoms with E-state index in [0.717, 1.165) is 35.7 Å². The van der Waals surface area contributed by atoms with Gasteiger partial charge in [-0.2, -0.15) is 0 Å². The summed E-state index contributed by atoms with van der Waals surface area (Å²) in [5.74, 6) is 0.580. The third-order valence-corrected chi connectivity index (χ3v) is 9.57. The molecule has 1 saturated heterocycles. The predicted molar refractivity (Wildman–Crippen MR) is 133 cm³/mol. The van der Waals surface area contributed by atoms with E-state index in [0.29, 0.717) is 30.3 Å². The lowest BCUT2D eigenvalue weighted by molar-refractivity contribution is -0.126. The van der Waals surface area contributed by atoms with Crippen LogP contribution in [0.4, 0.5) is 0 Å². The summed E-state index contributed by atoms with van der Waals surface area (Å²) in [7, 11) is 0. The summed E-state index contributed by atoms with van der Waals surface area (Å²) in [6.07, 6.45) is 16.2. The smallest absolute Gasteiger partial charge is 0.255 e. The van der Waals surface area contributed by atoms with E-state index in [1.54, 1.807) is 4.90 Å². The molecule has 2 heterocycles.